The number of sulfonamides is 1. The Morgan fingerprint density at radius 3 is 2.29 bits per heavy atom. The van der Waals surface area contributed by atoms with E-state index in [4.69, 9.17) is 4.74 Å². The highest BCUT2D eigenvalue weighted by Gasteiger charge is 2.13. The number of methoxy groups -OCH3 is 1. The molecule has 5 heteroatoms. The van der Waals surface area contributed by atoms with Crippen LogP contribution < -0.4 is 4.72 Å². The number of benzene rings is 1. The summed E-state index contributed by atoms with van der Waals surface area (Å²) in [6.07, 6.45) is 1.66. The van der Waals surface area contributed by atoms with Gasteiger partial charge >= 0.3 is 0 Å². The van der Waals surface area contributed by atoms with Crippen LogP contribution >= 0.6 is 0 Å². The van der Waals surface area contributed by atoms with Gasteiger partial charge in [0.25, 0.3) is 0 Å². The van der Waals surface area contributed by atoms with Crippen molar-refractivity contribution in [2.45, 2.75) is 39.0 Å². The first-order valence-electron chi connectivity index (χ1n) is 7.30. The van der Waals surface area contributed by atoms with Crippen molar-refractivity contribution < 1.29 is 13.2 Å². The maximum atomic E-state index is 11.6. The SMILES string of the molecule is COCCS(=O)(=O)NCCCc1ccc(C(C)(C)C)cc1. The maximum absolute atomic E-state index is 11.6. The highest BCUT2D eigenvalue weighted by Crippen LogP contribution is 2.22. The smallest absolute Gasteiger partial charge is 0.213 e. The summed E-state index contributed by atoms with van der Waals surface area (Å²) in [5.41, 5.74) is 2.71. The Kier molecular flexibility index (Phi) is 6.84. The molecule has 0 aromatic heterocycles. The molecule has 0 radical (unpaired) electrons. The normalized spacial score (nSPS) is 12.6. The van der Waals surface area contributed by atoms with Crippen molar-refractivity contribution in [3.05, 3.63) is 35.4 Å². The van der Waals surface area contributed by atoms with Crippen molar-refractivity contribution in [2.75, 3.05) is 26.0 Å². The molecule has 0 amide bonds. The summed E-state index contributed by atoms with van der Waals surface area (Å²) in [4.78, 5) is 0. The van der Waals surface area contributed by atoms with Gasteiger partial charge in [-0.2, -0.15) is 0 Å². The first kappa shape index (κ1) is 18.1. The van der Waals surface area contributed by atoms with Crippen LogP contribution in [-0.2, 0) is 26.6 Å². The van der Waals surface area contributed by atoms with Crippen molar-refractivity contribution in [3.63, 3.8) is 0 Å². The summed E-state index contributed by atoms with van der Waals surface area (Å²) >= 11 is 0. The highest BCUT2D eigenvalue weighted by atomic mass is 32.2. The summed E-state index contributed by atoms with van der Waals surface area (Å²) < 4.78 is 30.5. The molecular weight excluding hydrogens is 286 g/mol. The molecule has 1 rings (SSSR count). The molecule has 0 aliphatic heterocycles. The second-order valence-electron chi connectivity index (χ2n) is 6.26. The Morgan fingerprint density at radius 1 is 1.14 bits per heavy atom. The second-order valence-corrected chi connectivity index (χ2v) is 8.18. The summed E-state index contributed by atoms with van der Waals surface area (Å²) in [5, 5.41) is 0. The predicted molar refractivity (Wildman–Crippen MR) is 87.1 cm³/mol. The lowest BCUT2D eigenvalue weighted by molar-refractivity contribution is 0.217. The van der Waals surface area contributed by atoms with Crippen LogP contribution in [0.3, 0.4) is 0 Å². The van der Waals surface area contributed by atoms with Gasteiger partial charge in [0.2, 0.25) is 10.0 Å². The maximum Gasteiger partial charge on any atom is 0.213 e. The van der Waals surface area contributed by atoms with Gasteiger partial charge in [-0.3, -0.25) is 0 Å². The first-order chi connectivity index (χ1) is 9.74. The Balaban J connectivity index is 2.36. The third kappa shape index (κ3) is 7.07. The average molecular weight is 313 g/mol. The average Bonchev–Trinajstić information content (AvgIpc) is 2.41. The van der Waals surface area contributed by atoms with Gasteiger partial charge in [0, 0.05) is 13.7 Å². The minimum Gasteiger partial charge on any atom is -0.384 e. The van der Waals surface area contributed by atoms with Gasteiger partial charge in [-0.1, -0.05) is 45.0 Å². The fourth-order valence-electron chi connectivity index (χ4n) is 1.96. The molecular formula is C16H27NO3S. The predicted octanol–water partition coefficient (Wildman–Crippen LogP) is 2.48. The van der Waals surface area contributed by atoms with E-state index in [0.29, 0.717) is 6.54 Å². The first-order valence-corrected chi connectivity index (χ1v) is 8.95. The molecule has 0 heterocycles. The van der Waals surface area contributed by atoms with E-state index in [1.165, 1.54) is 18.2 Å². The van der Waals surface area contributed by atoms with Gasteiger partial charge in [-0.25, -0.2) is 13.1 Å². The number of hydrogen-bond donors (Lipinski definition) is 1. The number of ether oxygens (including phenoxy) is 1. The lowest BCUT2D eigenvalue weighted by Gasteiger charge is -2.19. The molecule has 21 heavy (non-hydrogen) atoms. The molecule has 1 aromatic carbocycles. The van der Waals surface area contributed by atoms with E-state index < -0.39 is 10.0 Å². The Hall–Kier alpha value is -0.910. The lowest BCUT2D eigenvalue weighted by Crippen LogP contribution is -2.29. The van der Waals surface area contributed by atoms with Crippen molar-refractivity contribution >= 4 is 10.0 Å². The van der Waals surface area contributed by atoms with E-state index in [1.807, 2.05) is 0 Å². The summed E-state index contributed by atoms with van der Waals surface area (Å²) in [6.45, 7) is 7.26. The molecule has 0 atom stereocenters. The molecule has 0 aliphatic carbocycles. The Morgan fingerprint density at radius 2 is 1.76 bits per heavy atom. The largest absolute Gasteiger partial charge is 0.384 e. The molecule has 0 bridgehead atoms. The fourth-order valence-corrected chi connectivity index (χ4v) is 2.94. The van der Waals surface area contributed by atoms with E-state index in [2.05, 4.69) is 49.8 Å². The Bertz CT molecular complexity index is 515. The van der Waals surface area contributed by atoms with Gasteiger partial charge in [0.15, 0.2) is 0 Å². The summed E-state index contributed by atoms with van der Waals surface area (Å²) in [5.74, 6) is 0.0176. The van der Waals surface area contributed by atoms with Crippen molar-refractivity contribution in [1.29, 1.82) is 0 Å². The van der Waals surface area contributed by atoms with Crippen LogP contribution in [0.1, 0.15) is 38.3 Å². The van der Waals surface area contributed by atoms with Crippen LogP contribution in [0.2, 0.25) is 0 Å². The molecule has 0 aliphatic rings. The zero-order chi connectivity index (χ0) is 15.9. The van der Waals surface area contributed by atoms with E-state index in [-0.39, 0.29) is 17.8 Å². The van der Waals surface area contributed by atoms with Crippen LogP contribution in [0.25, 0.3) is 0 Å². The third-order valence-corrected chi connectivity index (χ3v) is 4.69. The van der Waals surface area contributed by atoms with Crippen LogP contribution in [0, 0.1) is 0 Å². The van der Waals surface area contributed by atoms with E-state index >= 15 is 0 Å². The molecule has 0 unspecified atom stereocenters. The van der Waals surface area contributed by atoms with Gasteiger partial charge in [0.1, 0.15) is 0 Å². The number of nitrogens with one attached hydrogen (secondary N) is 1. The van der Waals surface area contributed by atoms with E-state index in [0.717, 1.165) is 12.8 Å². The van der Waals surface area contributed by atoms with E-state index in [9.17, 15) is 8.42 Å². The Labute approximate surface area is 129 Å². The van der Waals surface area contributed by atoms with Gasteiger partial charge in [0.05, 0.1) is 12.4 Å². The lowest BCUT2D eigenvalue weighted by atomic mass is 9.86. The van der Waals surface area contributed by atoms with Crippen molar-refractivity contribution in [1.82, 2.24) is 4.72 Å². The molecule has 0 saturated heterocycles. The third-order valence-electron chi connectivity index (χ3n) is 3.34. The van der Waals surface area contributed by atoms with Gasteiger partial charge < -0.3 is 4.74 Å². The standard InChI is InChI=1S/C16H27NO3S/c1-16(2,3)15-9-7-14(8-10-15)6-5-11-17-21(18,19)13-12-20-4/h7-10,17H,5-6,11-13H2,1-4H3. The summed E-state index contributed by atoms with van der Waals surface area (Å²) in [6, 6.07) is 8.55. The van der Waals surface area contributed by atoms with Gasteiger partial charge in [-0.05, 0) is 29.4 Å². The van der Waals surface area contributed by atoms with Crippen molar-refractivity contribution in [2.24, 2.45) is 0 Å². The van der Waals surface area contributed by atoms with Crippen LogP contribution in [0.4, 0.5) is 0 Å². The molecule has 4 nitrogen and oxygen atoms in total. The number of rotatable bonds is 8. The molecule has 1 N–H and O–H groups in total. The van der Waals surface area contributed by atoms with Crippen LogP contribution in [0.15, 0.2) is 24.3 Å². The monoisotopic (exact) mass is 313 g/mol. The zero-order valence-corrected chi connectivity index (χ0v) is 14.3. The van der Waals surface area contributed by atoms with E-state index in [1.54, 1.807) is 0 Å². The highest BCUT2D eigenvalue weighted by molar-refractivity contribution is 7.89. The molecule has 0 spiro atoms. The molecule has 1 aromatic rings. The molecule has 120 valence electrons. The van der Waals surface area contributed by atoms with Gasteiger partial charge in [-0.15, -0.1) is 0 Å². The van der Waals surface area contributed by atoms with Crippen LogP contribution in [-0.4, -0.2) is 34.4 Å². The topological polar surface area (TPSA) is 55.4 Å². The quantitative estimate of drug-likeness (QED) is 0.750. The minimum atomic E-state index is -3.20. The fraction of sp³-hybridized carbons (Fsp3) is 0.625. The zero-order valence-electron chi connectivity index (χ0n) is 13.5. The molecule has 0 saturated carbocycles. The second kappa shape index (κ2) is 7.92. The summed E-state index contributed by atoms with van der Waals surface area (Å²) in [7, 11) is -1.70. The minimum absolute atomic E-state index is 0.0176. The molecule has 0 fully saturated rings. The van der Waals surface area contributed by atoms with Crippen molar-refractivity contribution in [3.8, 4) is 0 Å². The number of aryl methyl sites for hydroxylation is 1. The number of hydrogen-bond acceptors (Lipinski definition) is 3. The van der Waals surface area contributed by atoms with Crippen LogP contribution in [0.5, 0.6) is 0 Å².